The summed E-state index contributed by atoms with van der Waals surface area (Å²) < 4.78 is 80.1. The molecule has 1 heterocycles. The molecule has 0 aromatic heterocycles. The smallest absolute Gasteiger partial charge is 0.271 e. The molecule has 0 N–H and O–H groups in total. The predicted molar refractivity (Wildman–Crippen MR) is 80.2 cm³/mol. The number of anilines is 1. The topological polar surface area (TPSA) is 41.9 Å². The fraction of sp³-hybridized carbons (Fsp3) is 0.385. The zero-order valence-electron chi connectivity index (χ0n) is 12.2. The number of hydrogen-bond donors (Lipinski definition) is 0. The van der Waals surface area contributed by atoms with Gasteiger partial charge in [-0.3, -0.25) is 4.79 Å². The number of hydrazone groups is 1. The summed E-state index contributed by atoms with van der Waals surface area (Å²) in [6, 6.07) is 7.69. The molecule has 1 aromatic carbocycles. The number of carbonyl (C=O) groups is 1. The van der Waals surface area contributed by atoms with Gasteiger partial charge in [0.05, 0.1) is 11.4 Å². The molecule has 2 rings (SSSR count). The van der Waals surface area contributed by atoms with Crippen LogP contribution in [-0.4, -0.2) is 33.8 Å². The van der Waals surface area contributed by atoms with Crippen LogP contribution in [0.2, 0.25) is 0 Å². The van der Waals surface area contributed by atoms with Crippen molar-refractivity contribution in [3.8, 4) is 0 Å². The first kappa shape index (κ1) is 19.9. The molecule has 0 bridgehead atoms. The second-order valence-corrected chi connectivity index (χ2v) is 6.51. The summed E-state index contributed by atoms with van der Waals surface area (Å²) in [6.45, 7) is 1.20. The number of thioether (sulfide) groups is 1. The number of carbonyl (C=O) groups excluding carboxylic acids is 1. The highest BCUT2D eigenvalue weighted by Gasteiger charge is 2.63. The maximum atomic E-state index is 13.9. The van der Waals surface area contributed by atoms with Gasteiger partial charge in [-0.15, -0.1) is 13.2 Å². The lowest BCUT2D eigenvalue weighted by Gasteiger charge is -2.29. The molecule has 0 aliphatic carbocycles. The number of nitrogens with zero attached hydrogens (tertiary/aromatic N) is 2. The van der Waals surface area contributed by atoms with Gasteiger partial charge in [0.2, 0.25) is 0 Å². The summed E-state index contributed by atoms with van der Waals surface area (Å²) in [4.78, 5) is 12.2. The quantitative estimate of drug-likeness (QED) is 0.534. The summed E-state index contributed by atoms with van der Waals surface area (Å²) in [5.74, 6) is -0.979. The second kappa shape index (κ2) is 6.69. The van der Waals surface area contributed by atoms with E-state index in [0.717, 1.165) is 5.01 Å². The molecular formula is C13H9ClF6N2O2S. The van der Waals surface area contributed by atoms with Gasteiger partial charge in [0, 0.05) is 0 Å². The van der Waals surface area contributed by atoms with Gasteiger partial charge < -0.3 is 0 Å². The Morgan fingerprint density at radius 2 is 1.72 bits per heavy atom. The molecule has 138 valence electrons. The molecular weight excluding hydrogens is 398 g/mol. The number of benzene rings is 1. The maximum absolute atomic E-state index is 13.9. The van der Waals surface area contributed by atoms with Gasteiger partial charge >= 0.3 is 16.9 Å². The zero-order chi connectivity index (χ0) is 19.0. The number of para-hydroxylation sites is 1. The molecule has 2 unspecified atom stereocenters. The maximum Gasteiger partial charge on any atom is 0.526 e. The largest absolute Gasteiger partial charge is 0.526 e. The number of ether oxygens (including phenoxy) is 1. The lowest BCUT2D eigenvalue weighted by molar-refractivity contribution is -0.391. The average molecular weight is 407 g/mol. The van der Waals surface area contributed by atoms with E-state index < -0.39 is 39.8 Å². The highest BCUT2D eigenvalue weighted by Crippen LogP contribution is 2.50. The highest BCUT2D eigenvalue weighted by molar-refractivity contribution is 8.02. The summed E-state index contributed by atoms with van der Waals surface area (Å²) >= 11 is 3.88. The van der Waals surface area contributed by atoms with Crippen molar-refractivity contribution in [2.45, 2.75) is 29.1 Å². The summed E-state index contributed by atoms with van der Waals surface area (Å²) in [6.07, 6.45) is -5.74. The molecule has 0 saturated heterocycles. The Morgan fingerprint density at radius 1 is 1.16 bits per heavy atom. The van der Waals surface area contributed by atoms with Crippen LogP contribution in [0.25, 0.3) is 0 Å². The lowest BCUT2D eigenvalue weighted by atomic mass is 10.3. The van der Waals surface area contributed by atoms with Crippen LogP contribution in [0.1, 0.15) is 6.92 Å². The standard InChI is InChI=1S/C13H9ClF6N2O2S/c1-7-9(10(23)22(21-7)8-5-3-2-4-6-8)25-12(16,17)11(14,15)24-13(18,19)20/h2-6,9H,1H3. The van der Waals surface area contributed by atoms with E-state index in [2.05, 4.69) is 21.4 Å². The SMILES string of the molecule is CC1=NN(c2ccccc2)C(=O)C1SC(F)(F)C(F)(Cl)OC(F)(F)F. The van der Waals surface area contributed by atoms with Crippen molar-refractivity contribution in [3.63, 3.8) is 0 Å². The number of hydrogen-bond acceptors (Lipinski definition) is 4. The van der Waals surface area contributed by atoms with Crippen LogP contribution >= 0.6 is 23.4 Å². The molecule has 4 nitrogen and oxygen atoms in total. The van der Waals surface area contributed by atoms with E-state index >= 15 is 0 Å². The van der Waals surface area contributed by atoms with Crippen molar-refractivity contribution >= 4 is 40.7 Å². The third-order valence-corrected chi connectivity index (χ3v) is 4.68. The first-order chi connectivity index (χ1) is 11.3. The van der Waals surface area contributed by atoms with Crippen LogP contribution in [0, 0.1) is 0 Å². The minimum atomic E-state index is -5.74. The van der Waals surface area contributed by atoms with Crippen molar-refractivity contribution in [1.29, 1.82) is 0 Å². The van der Waals surface area contributed by atoms with Crippen LogP contribution in [-0.2, 0) is 9.53 Å². The van der Waals surface area contributed by atoms with E-state index in [1.54, 1.807) is 18.2 Å². The van der Waals surface area contributed by atoms with E-state index in [9.17, 15) is 31.1 Å². The van der Waals surface area contributed by atoms with Gasteiger partial charge in [-0.05, 0) is 30.7 Å². The monoisotopic (exact) mass is 406 g/mol. The van der Waals surface area contributed by atoms with E-state index in [-0.39, 0.29) is 11.4 Å². The predicted octanol–water partition coefficient (Wildman–Crippen LogP) is 4.50. The Bertz CT molecular complexity index is 683. The van der Waals surface area contributed by atoms with Crippen molar-refractivity contribution in [2.75, 3.05) is 5.01 Å². The van der Waals surface area contributed by atoms with Crippen LogP contribution in [0.15, 0.2) is 35.4 Å². The van der Waals surface area contributed by atoms with E-state index in [4.69, 9.17) is 0 Å². The van der Waals surface area contributed by atoms with Crippen molar-refractivity contribution < 1.29 is 35.9 Å². The molecule has 1 amide bonds. The average Bonchev–Trinajstić information content (AvgIpc) is 2.73. The normalized spacial score (nSPS) is 21.3. The lowest BCUT2D eigenvalue weighted by Crippen LogP contribution is -2.45. The van der Waals surface area contributed by atoms with Gasteiger partial charge in [0.1, 0.15) is 5.25 Å². The number of halogens is 7. The Hall–Kier alpha value is -1.46. The first-order valence-corrected chi connectivity index (χ1v) is 7.74. The van der Waals surface area contributed by atoms with Crippen molar-refractivity contribution in [3.05, 3.63) is 30.3 Å². The van der Waals surface area contributed by atoms with Crippen LogP contribution in [0.5, 0.6) is 0 Å². The van der Waals surface area contributed by atoms with E-state index in [0.29, 0.717) is 0 Å². The summed E-state index contributed by atoms with van der Waals surface area (Å²) in [7, 11) is 0. The molecule has 0 radical (unpaired) electrons. The fourth-order valence-electron chi connectivity index (χ4n) is 1.86. The first-order valence-electron chi connectivity index (χ1n) is 6.48. The number of alkyl halides is 7. The van der Waals surface area contributed by atoms with Gasteiger partial charge in [-0.2, -0.15) is 23.3 Å². The van der Waals surface area contributed by atoms with Crippen molar-refractivity contribution in [1.82, 2.24) is 0 Å². The molecule has 0 saturated carbocycles. The minimum Gasteiger partial charge on any atom is -0.271 e. The van der Waals surface area contributed by atoms with Gasteiger partial charge in [0.15, 0.2) is 0 Å². The third kappa shape index (κ3) is 4.39. The molecule has 1 aromatic rings. The van der Waals surface area contributed by atoms with Crippen LogP contribution in [0.4, 0.5) is 32.0 Å². The van der Waals surface area contributed by atoms with Gasteiger partial charge in [0.25, 0.3) is 5.91 Å². The number of rotatable bonds is 5. The van der Waals surface area contributed by atoms with Gasteiger partial charge in [-0.1, -0.05) is 30.0 Å². The van der Waals surface area contributed by atoms with Crippen LogP contribution < -0.4 is 5.01 Å². The Labute approximate surface area is 146 Å². The highest BCUT2D eigenvalue weighted by atomic mass is 35.5. The van der Waals surface area contributed by atoms with E-state index in [1.807, 2.05) is 0 Å². The second-order valence-electron chi connectivity index (χ2n) is 4.81. The van der Waals surface area contributed by atoms with Crippen molar-refractivity contribution in [2.24, 2.45) is 5.10 Å². The molecule has 25 heavy (non-hydrogen) atoms. The Kier molecular flexibility index (Phi) is 5.31. The minimum absolute atomic E-state index is 0.155. The molecule has 0 fully saturated rings. The van der Waals surface area contributed by atoms with Gasteiger partial charge in [-0.25, -0.2) is 4.74 Å². The molecule has 12 heteroatoms. The molecule has 1 aliphatic heterocycles. The Balaban J connectivity index is 2.20. The molecule has 0 spiro atoms. The van der Waals surface area contributed by atoms with Crippen LogP contribution in [0.3, 0.4) is 0 Å². The number of amides is 1. The summed E-state index contributed by atoms with van der Waals surface area (Å²) in [5.41, 5.74) is 0.0974. The third-order valence-electron chi connectivity index (χ3n) is 2.92. The molecule has 1 aliphatic rings. The summed E-state index contributed by atoms with van der Waals surface area (Å²) in [5, 5.41) is -6.95. The fourth-order valence-corrected chi connectivity index (χ4v) is 2.97. The Morgan fingerprint density at radius 3 is 2.24 bits per heavy atom. The zero-order valence-corrected chi connectivity index (χ0v) is 13.8. The van der Waals surface area contributed by atoms with E-state index in [1.165, 1.54) is 19.1 Å². The molecule has 2 atom stereocenters.